The fourth-order valence-corrected chi connectivity index (χ4v) is 1.75. The molecule has 0 radical (unpaired) electrons. The van der Waals surface area contributed by atoms with Crippen LogP contribution in [0.3, 0.4) is 0 Å². The van der Waals surface area contributed by atoms with Gasteiger partial charge in [-0.3, -0.25) is 0 Å². The van der Waals surface area contributed by atoms with Crippen molar-refractivity contribution in [3.63, 3.8) is 0 Å². The van der Waals surface area contributed by atoms with Gasteiger partial charge in [0.1, 0.15) is 0 Å². The summed E-state index contributed by atoms with van der Waals surface area (Å²) in [4.78, 5) is 15.3. The topological polar surface area (TPSA) is 35.6 Å². The first-order valence-corrected chi connectivity index (χ1v) is 5.23. The normalized spacial score (nSPS) is 19.6. The lowest BCUT2D eigenvalue weighted by Crippen LogP contribution is -2.44. The standard InChI is InChI=1S/C10H21N3O/c1-8(2)9(11-3)7-13-6-5-12(4)10(13)14/h8-9,11H,5-7H2,1-4H3. The number of amides is 2. The molecule has 1 aliphatic heterocycles. The second kappa shape index (κ2) is 4.64. The van der Waals surface area contributed by atoms with Crippen LogP contribution >= 0.6 is 0 Å². The lowest BCUT2D eigenvalue weighted by atomic mass is 10.0. The third-order valence-electron chi connectivity index (χ3n) is 2.90. The van der Waals surface area contributed by atoms with Crippen molar-refractivity contribution in [1.29, 1.82) is 0 Å². The van der Waals surface area contributed by atoms with E-state index in [9.17, 15) is 4.79 Å². The fourth-order valence-electron chi connectivity index (χ4n) is 1.75. The highest BCUT2D eigenvalue weighted by Crippen LogP contribution is 2.10. The number of carbonyl (C=O) groups is 1. The summed E-state index contributed by atoms with van der Waals surface area (Å²) >= 11 is 0. The highest BCUT2D eigenvalue weighted by atomic mass is 16.2. The minimum absolute atomic E-state index is 0.158. The first-order chi connectivity index (χ1) is 6.56. The van der Waals surface area contributed by atoms with Crippen molar-refractivity contribution in [1.82, 2.24) is 15.1 Å². The van der Waals surface area contributed by atoms with Gasteiger partial charge in [-0.2, -0.15) is 0 Å². The molecule has 4 nitrogen and oxygen atoms in total. The second-order valence-corrected chi connectivity index (χ2v) is 4.29. The molecule has 4 heteroatoms. The van der Waals surface area contributed by atoms with E-state index in [-0.39, 0.29) is 6.03 Å². The molecule has 0 aromatic rings. The predicted octanol–water partition coefficient (Wildman–Crippen LogP) is 0.598. The zero-order valence-corrected chi connectivity index (χ0v) is 9.58. The van der Waals surface area contributed by atoms with E-state index in [2.05, 4.69) is 19.2 Å². The Morgan fingerprint density at radius 2 is 2.07 bits per heavy atom. The van der Waals surface area contributed by atoms with Gasteiger partial charge < -0.3 is 15.1 Å². The number of likely N-dealkylation sites (N-methyl/N-ethyl adjacent to an activating group) is 2. The minimum atomic E-state index is 0.158. The van der Waals surface area contributed by atoms with Crippen LogP contribution in [0.4, 0.5) is 4.79 Å². The van der Waals surface area contributed by atoms with Crippen molar-refractivity contribution >= 4 is 6.03 Å². The molecule has 0 aromatic heterocycles. The Balaban J connectivity index is 2.47. The first-order valence-electron chi connectivity index (χ1n) is 5.23. The summed E-state index contributed by atoms with van der Waals surface area (Å²) in [5, 5.41) is 3.25. The van der Waals surface area contributed by atoms with Crippen LogP contribution < -0.4 is 5.32 Å². The first kappa shape index (κ1) is 11.3. The molecule has 1 rings (SSSR count). The van der Waals surface area contributed by atoms with Gasteiger partial charge in [-0.25, -0.2) is 4.79 Å². The Hall–Kier alpha value is -0.770. The van der Waals surface area contributed by atoms with Crippen molar-refractivity contribution in [2.75, 3.05) is 33.7 Å². The van der Waals surface area contributed by atoms with E-state index in [1.165, 1.54) is 0 Å². The van der Waals surface area contributed by atoms with Crippen LogP contribution in [0.25, 0.3) is 0 Å². The summed E-state index contributed by atoms with van der Waals surface area (Å²) in [5.41, 5.74) is 0. The van der Waals surface area contributed by atoms with Gasteiger partial charge in [-0.1, -0.05) is 13.8 Å². The number of nitrogens with one attached hydrogen (secondary N) is 1. The number of carbonyl (C=O) groups excluding carboxylic acids is 1. The Morgan fingerprint density at radius 1 is 1.43 bits per heavy atom. The Kier molecular flexibility index (Phi) is 3.75. The summed E-state index contributed by atoms with van der Waals surface area (Å²) in [6.45, 7) is 6.88. The van der Waals surface area contributed by atoms with Gasteiger partial charge in [-0.15, -0.1) is 0 Å². The molecule has 0 bridgehead atoms. The van der Waals surface area contributed by atoms with Crippen LogP contribution in [-0.4, -0.2) is 55.6 Å². The van der Waals surface area contributed by atoms with Crippen LogP contribution in [-0.2, 0) is 0 Å². The number of nitrogens with zero attached hydrogens (tertiary/aromatic N) is 2. The van der Waals surface area contributed by atoms with Crippen molar-refractivity contribution in [2.24, 2.45) is 5.92 Å². The molecule has 1 saturated heterocycles. The number of hydrogen-bond donors (Lipinski definition) is 1. The molecule has 0 aromatic carbocycles. The Bertz CT molecular complexity index is 206. The van der Waals surface area contributed by atoms with Gasteiger partial charge in [0.25, 0.3) is 0 Å². The Labute approximate surface area is 86.2 Å². The third kappa shape index (κ3) is 2.38. The van der Waals surface area contributed by atoms with Gasteiger partial charge in [0.2, 0.25) is 0 Å². The SMILES string of the molecule is CNC(CN1CCN(C)C1=O)C(C)C. The molecule has 82 valence electrons. The summed E-state index contributed by atoms with van der Waals surface area (Å²) in [5.74, 6) is 0.554. The van der Waals surface area contributed by atoms with Crippen LogP contribution in [0.5, 0.6) is 0 Å². The summed E-state index contributed by atoms with van der Waals surface area (Å²) in [6, 6.07) is 0.552. The lowest BCUT2D eigenvalue weighted by molar-refractivity contribution is 0.190. The maximum atomic E-state index is 11.6. The number of rotatable bonds is 4. The molecular weight excluding hydrogens is 178 g/mol. The smallest absolute Gasteiger partial charge is 0.319 e. The van der Waals surface area contributed by atoms with Gasteiger partial charge in [-0.05, 0) is 13.0 Å². The van der Waals surface area contributed by atoms with Gasteiger partial charge in [0, 0.05) is 32.7 Å². The highest BCUT2D eigenvalue weighted by Gasteiger charge is 2.27. The average Bonchev–Trinajstić information content (AvgIpc) is 2.44. The van der Waals surface area contributed by atoms with Gasteiger partial charge in [0.05, 0.1) is 0 Å². The van der Waals surface area contributed by atoms with Crippen LogP contribution in [0, 0.1) is 5.92 Å². The van der Waals surface area contributed by atoms with E-state index in [4.69, 9.17) is 0 Å². The van der Waals surface area contributed by atoms with Crippen LogP contribution in [0.15, 0.2) is 0 Å². The quantitative estimate of drug-likeness (QED) is 0.719. The summed E-state index contributed by atoms with van der Waals surface area (Å²) in [6.07, 6.45) is 0. The summed E-state index contributed by atoms with van der Waals surface area (Å²) in [7, 11) is 3.81. The molecule has 1 unspecified atom stereocenters. The fraction of sp³-hybridized carbons (Fsp3) is 0.900. The maximum Gasteiger partial charge on any atom is 0.319 e. The molecule has 0 saturated carbocycles. The van der Waals surface area contributed by atoms with Crippen LogP contribution in [0.2, 0.25) is 0 Å². The molecule has 0 spiro atoms. The van der Waals surface area contributed by atoms with Crippen molar-refractivity contribution in [3.05, 3.63) is 0 Å². The lowest BCUT2D eigenvalue weighted by Gasteiger charge is -2.25. The molecule has 1 atom stereocenters. The predicted molar refractivity (Wildman–Crippen MR) is 57.3 cm³/mol. The maximum absolute atomic E-state index is 11.6. The van der Waals surface area contributed by atoms with Gasteiger partial charge in [0.15, 0.2) is 0 Å². The molecule has 14 heavy (non-hydrogen) atoms. The van der Waals surface area contributed by atoms with E-state index in [1.807, 2.05) is 19.0 Å². The molecule has 1 aliphatic rings. The van der Waals surface area contributed by atoms with Crippen molar-refractivity contribution < 1.29 is 4.79 Å². The van der Waals surface area contributed by atoms with E-state index in [0.29, 0.717) is 12.0 Å². The van der Waals surface area contributed by atoms with E-state index >= 15 is 0 Å². The van der Waals surface area contributed by atoms with E-state index in [0.717, 1.165) is 19.6 Å². The van der Waals surface area contributed by atoms with Crippen molar-refractivity contribution in [2.45, 2.75) is 19.9 Å². The molecule has 1 heterocycles. The number of hydrogen-bond acceptors (Lipinski definition) is 2. The van der Waals surface area contributed by atoms with Crippen LogP contribution in [0.1, 0.15) is 13.8 Å². The largest absolute Gasteiger partial charge is 0.326 e. The second-order valence-electron chi connectivity index (χ2n) is 4.29. The molecule has 2 amide bonds. The highest BCUT2D eigenvalue weighted by molar-refractivity contribution is 5.76. The van der Waals surface area contributed by atoms with E-state index < -0.39 is 0 Å². The summed E-state index contributed by atoms with van der Waals surface area (Å²) < 4.78 is 0. The molecule has 1 N–H and O–H groups in total. The monoisotopic (exact) mass is 199 g/mol. The van der Waals surface area contributed by atoms with E-state index in [1.54, 1.807) is 4.90 Å². The molecular formula is C10H21N3O. The number of urea groups is 1. The van der Waals surface area contributed by atoms with Crippen molar-refractivity contribution in [3.8, 4) is 0 Å². The average molecular weight is 199 g/mol. The Morgan fingerprint density at radius 3 is 2.43 bits per heavy atom. The zero-order chi connectivity index (χ0) is 10.7. The third-order valence-corrected chi connectivity index (χ3v) is 2.90. The zero-order valence-electron chi connectivity index (χ0n) is 9.58. The molecule has 1 fully saturated rings. The molecule has 0 aliphatic carbocycles. The minimum Gasteiger partial charge on any atom is -0.326 e. The van der Waals surface area contributed by atoms with Gasteiger partial charge >= 0.3 is 6.03 Å².